The second kappa shape index (κ2) is 6.55. The first-order valence-electron chi connectivity index (χ1n) is 6.57. The molecule has 0 aromatic heterocycles. The van der Waals surface area contributed by atoms with Crippen molar-refractivity contribution in [1.82, 2.24) is 5.32 Å². The van der Waals surface area contributed by atoms with Crippen LogP contribution >= 0.6 is 0 Å². The zero-order chi connectivity index (χ0) is 12.9. The molecule has 0 bridgehead atoms. The molecule has 0 aromatic carbocycles. The average Bonchev–Trinajstić information content (AvgIpc) is 2.23. The second-order valence-corrected chi connectivity index (χ2v) is 7.46. The fraction of sp³-hybridized carbons (Fsp3) is 0.846. The van der Waals surface area contributed by atoms with Crippen molar-refractivity contribution in [2.75, 3.05) is 12.3 Å². The van der Waals surface area contributed by atoms with Crippen molar-refractivity contribution in [1.29, 1.82) is 0 Å². The lowest BCUT2D eigenvalue weighted by Crippen LogP contribution is -2.46. The molecule has 4 heteroatoms. The summed E-state index contributed by atoms with van der Waals surface area (Å²) in [5, 5.41) is 3.15. The first-order chi connectivity index (χ1) is 7.97. The predicted octanol–water partition coefficient (Wildman–Crippen LogP) is 2.29. The van der Waals surface area contributed by atoms with Gasteiger partial charge in [-0.05, 0) is 39.7 Å². The smallest absolute Gasteiger partial charge is 0.155 e. The lowest BCUT2D eigenvalue weighted by molar-refractivity contribution is 0.479. The van der Waals surface area contributed by atoms with Crippen LogP contribution < -0.4 is 5.32 Å². The van der Waals surface area contributed by atoms with E-state index in [9.17, 15) is 8.42 Å². The molecule has 0 amide bonds. The minimum Gasteiger partial charge on any atom is -0.309 e. The van der Waals surface area contributed by atoms with Crippen LogP contribution in [0.15, 0.2) is 11.6 Å². The Hall–Kier alpha value is -0.350. The van der Waals surface area contributed by atoms with E-state index in [1.807, 2.05) is 13.8 Å². The molecule has 2 atom stereocenters. The number of allylic oxidation sites excluding steroid dienone is 1. The summed E-state index contributed by atoms with van der Waals surface area (Å²) in [6.45, 7) is 7.02. The van der Waals surface area contributed by atoms with Crippen molar-refractivity contribution in [3.8, 4) is 0 Å². The Kier molecular flexibility index (Phi) is 5.67. The molecule has 0 aliphatic carbocycles. The number of sulfone groups is 1. The van der Waals surface area contributed by atoms with Crippen molar-refractivity contribution in [2.45, 2.75) is 57.7 Å². The SMILES string of the molecule is CCCNC(C=C(C)C)C1CCCCS1(=O)=O. The quantitative estimate of drug-likeness (QED) is 0.771. The maximum atomic E-state index is 12.1. The summed E-state index contributed by atoms with van der Waals surface area (Å²) in [5.74, 6) is 0.360. The number of nitrogens with one attached hydrogen (secondary N) is 1. The zero-order valence-electron chi connectivity index (χ0n) is 11.2. The van der Waals surface area contributed by atoms with Gasteiger partial charge in [-0.2, -0.15) is 0 Å². The molecule has 1 heterocycles. The van der Waals surface area contributed by atoms with E-state index in [0.717, 1.165) is 32.2 Å². The molecule has 1 rings (SSSR count). The standard InChI is InChI=1S/C13H25NO2S/c1-4-8-14-12(10-11(2)3)13-7-5-6-9-17(13,15)16/h10,12-14H,4-9H2,1-3H3. The zero-order valence-corrected chi connectivity index (χ0v) is 12.0. The van der Waals surface area contributed by atoms with Gasteiger partial charge in [0.2, 0.25) is 0 Å². The number of hydrogen-bond acceptors (Lipinski definition) is 3. The minimum absolute atomic E-state index is 0.00903. The van der Waals surface area contributed by atoms with Crippen LogP contribution in [0.1, 0.15) is 46.5 Å². The van der Waals surface area contributed by atoms with Crippen molar-refractivity contribution >= 4 is 9.84 Å². The summed E-state index contributed by atoms with van der Waals surface area (Å²) in [7, 11) is -2.91. The molecule has 2 unspecified atom stereocenters. The molecule has 0 saturated carbocycles. The highest BCUT2D eigenvalue weighted by molar-refractivity contribution is 7.92. The van der Waals surface area contributed by atoms with Crippen LogP contribution in [-0.2, 0) is 9.84 Å². The predicted molar refractivity (Wildman–Crippen MR) is 72.9 cm³/mol. The van der Waals surface area contributed by atoms with Gasteiger partial charge in [-0.3, -0.25) is 0 Å². The lowest BCUT2D eigenvalue weighted by Gasteiger charge is -2.29. The van der Waals surface area contributed by atoms with Gasteiger partial charge in [0.1, 0.15) is 0 Å². The molecule has 1 aliphatic rings. The molecule has 0 radical (unpaired) electrons. The first kappa shape index (κ1) is 14.7. The molecule has 3 nitrogen and oxygen atoms in total. The molecular formula is C13H25NO2S. The van der Waals surface area contributed by atoms with E-state index in [0.29, 0.717) is 5.75 Å². The van der Waals surface area contributed by atoms with E-state index in [4.69, 9.17) is 0 Å². The van der Waals surface area contributed by atoms with Crippen LogP contribution in [0.4, 0.5) is 0 Å². The third kappa shape index (κ3) is 4.43. The van der Waals surface area contributed by atoms with Gasteiger partial charge in [0, 0.05) is 6.04 Å². The van der Waals surface area contributed by atoms with Gasteiger partial charge in [-0.1, -0.05) is 25.0 Å². The van der Waals surface area contributed by atoms with Gasteiger partial charge in [-0.15, -0.1) is 0 Å². The Labute approximate surface area is 106 Å². The minimum atomic E-state index is -2.91. The van der Waals surface area contributed by atoms with Gasteiger partial charge in [0.15, 0.2) is 9.84 Å². The number of hydrogen-bond donors (Lipinski definition) is 1. The molecule has 100 valence electrons. The van der Waals surface area contributed by atoms with E-state index in [1.165, 1.54) is 5.57 Å². The highest BCUT2D eigenvalue weighted by Crippen LogP contribution is 2.23. The van der Waals surface area contributed by atoms with E-state index in [-0.39, 0.29) is 11.3 Å². The summed E-state index contributed by atoms with van der Waals surface area (Å²) >= 11 is 0. The summed E-state index contributed by atoms with van der Waals surface area (Å²) in [6, 6.07) is -0.00903. The van der Waals surface area contributed by atoms with Gasteiger partial charge in [-0.25, -0.2) is 8.42 Å². The Balaban J connectivity index is 2.84. The summed E-state index contributed by atoms with van der Waals surface area (Å²) in [6.07, 6.45) is 5.76. The third-order valence-electron chi connectivity index (χ3n) is 3.17. The molecular weight excluding hydrogens is 234 g/mol. The largest absolute Gasteiger partial charge is 0.309 e. The lowest BCUT2D eigenvalue weighted by atomic mass is 10.0. The van der Waals surface area contributed by atoms with E-state index < -0.39 is 9.84 Å². The highest BCUT2D eigenvalue weighted by Gasteiger charge is 2.34. The molecule has 1 saturated heterocycles. The normalized spacial score (nSPS) is 25.2. The topological polar surface area (TPSA) is 46.2 Å². The Morgan fingerprint density at radius 1 is 1.41 bits per heavy atom. The molecule has 1 N–H and O–H groups in total. The van der Waals surface area contributed by atoms with E-state index in [2.05, 4.69) is 18.3 Å². The van der Waals surface area contributed by atoms with Crippen LogP contribution in [-0.4, -0.2) is 32.0 Å². The monoisotopic (exact) mass is 259 g/mol. The van der Waals surface area contributed by atoms with E-state index >= 15 is 0 Å². The Morgan fingerprint density at radius 3 is 2.65 bits per heavy atom. The van der Waals surface area contributed by atoms with Crippen LogP contribution in [0.25, 0.3) is 0 Å². The van der Waals surface area contributed by atoms with E-state index in [1.54, 1.807) is 0 Å². The van der Waals surface area contributed by atoms with Crippen molar-refractivity contribution < 1.29 is 8.42 Å². The maximum absolute atomic E-state index is 12.1. The van der Waals surface area contributed by atoms with Gasteiger partial charge in [0.25, 0.3) is 0 Å². The Morgan fingerprint density at radius 2 is 2.12 bits per heavy atom. The fourth-order valence-corrected chi connectivity index (χ4v) is 4.41. The van der Waals surface area contributed by atoms with Gasteiger partial charge >= 0.3 is 0 Å². The molecule has 1 fully saturated rings. The van der Waals surface area contributed by atoms with Crippen LogP contribution in [0.5, 0.6) is 0 Å². The molecule has 17 heavy (non-hydrogen) atoms. The first-order valence-corrected chi connectivity index (χ1v) is 8.29. The Bertz CT molecular complexity index is 356. The summed E-state index contributed by atoms with van der Waals surface area (Å²) in [5.41, 5.74) is 1.18. The molecule has 0 aromatic rings. The molecule has 1 aliphatic heterocycles. The van der Waals surface area contributed by atoms with Crippen molar-refractivity contribution in [2.24, 2.45) is 0 Å². The van der Waals surface area contributed by atoms with Crippen LogP contribution in [0.2, 0.25) is 0 Å². The van der Waals surface area contributed by atoms with Gasteiger partial charge in [0.05, 0.1) is 11.0 Å². The van der Waals surface area contributed by atoms with Crippen molar-refractivity contribution in [3.63, 3.8) is 0 Å². The van der Waals surface area contributed by atoms with Crippen molar-refractivity contribution in [3.05, 3.63) is 11.6 Å². The summed E-state index contributed by atoms with van der Waals surface area (Å²) < 4.78 is 24.2. The third-order valence-corrected chi connectivity index (χ3v) is 5.48. The molecule has 0 spiro atoms. The average molecular weight is 259 g/mol. The van der Waals surface area contributed by atoms with Crippen LogP contribution in [0, 0.1) is 0 Å². The fourth-order valence-electron chi connectivity index (χ4n) is 2.35. The number of rotatable bonds is 5. The second-order valence-electron chi connectivity index (χ2n) is 5.13. The van der Waals surface area contributed by atoms with Crippen LogP contribution in [0.3, 0.4) is 0 Å². The highest BCUT2D eigenvalue weighted by atomic mass is 32.2. The summed E-state index contributed by atoms with van der Waals surface area (Å²) in [4.78, 5) is 0. The maximum Gasteiger partial charge on any atom is 0.155 e. The van der Waals surface area contributed by atoms with Gasteiger partial charge < -0.3 is 5.32 Å².